The van der Waals surface area contributed by atoms with Crippen LogP contribution in [0.2, 0.25) is 0 Å². The number of hydrogen-bond acceptors (Lipinski definition) is 4. The largest absolute Gasteiger partial charge is 0.480 e. The number of benzene rings is 2. The highest BCUT2D eigenvalue weighted by Crippen LogP contribution is 2.29. The number of halogens is 1. The fourth-order valence-electron chi connectivity index (χ4n) is 3.47. The van der Waals surface area contributed by atoms with Crippen LogP contribution in [0.15, 0.2) is 54.6 Å². The monoisotopic (exact) mass is 408 g/mol. The number of para-hydroxylation sites is 1. The minimum atomic E-state index is -0.926. The highest BCUT2D eigenvalue weighted by Gasteiger charge is 2.17. The van der Waals surface area contributed by atoms with E-state index in [2.05, 4.69) is 0 Å². The van der Waals surface area contributed by atoms with Gasteiger partial charge in [0.1, 0.15) is 12.4 Å². The van der Waals surface area contributed by atoms with Gasteiger partial charge in [0.25, 0.3) is 0 Å². The summed E-state index contributed by atoms with van der Waals surface area (Å²) in [6, 6.07) is 16.3. The third kappa shape index (κ3) is 4.64. The van der Waals surface area contributed by atoms with Gasteiger partial charge in [-0.1, -0.05) is 24.3 Å². The second-order valence-corrected chi connectivity index (χ2v) is 6.95. The number of hydrogen-bond donors (Lipinski definition) is 3. The van der Waals surface area contributed by atoms with Gasteiger partial charge in [0.05, 0.1) is 5.52 Å². The molecule has 0 bridgehead atoms. The van der Waals surface area contributed by atoms with Gasteiger partial charge in [0.15, 0.2) is 0 Å². The Morgan fingerprint density at radius 3 is 2.53 bits per heavy atom. The molecular formula is C23H25FN4O2. The molecule has 0 saturated carbocycles. The van der Waals surface area contributed by atoms with Crippen molar-refractivity contribution in [1.82, 2.24) is 9.55 Å². The van der Waals surface area contributed by atoms with E-state index in [1.54, 1.807) is 10.6 Å². The van der Waals surface area contributed by atoms with Crippen LogP contribution in [-0.2, 0) is 17.8 Å². The second kappa shape index (κ2) is 9.47. The van der Waals surface area contributed by atoms with Gasteiger partial charge < -0.3 is 21.1 Å². The normalized spacial score (nSPS) is 10.8. The molecule has 30 heavy (non-hydrogen) atoms. The van der Waals surface area contributed by atoms with Gasteiger partial charge in [-0.15, -0.1) is 0 Å². The summed E-state index contributed by atoms with van der Waals surface area (Å²) >= 11 is 0. The van der Waals surface area contributed by atoms with Gasteiger partial charge >= 0.3 is 5.97 Å². The van der Waals surface area contributed by atoms with Crippen molar-refractivity contribution in [2.75, 3.05) is 13.1 Å². The Morgan fingerprint density at radius 1 is 1.10 bits per heavy atom. The first kappa shape index (κ1) is 21.4. The zero-order valence-corrected chi connectivity index (χ0v) is 16.8. The van der Waals surface area contributed by atoms with Crippen LogP contribution in [0.5, 0.6) is 0 Å². The lowest BCUT2D eigenvalue weighted by Crippen LogP contribution is -2.11. The van der Waals surface area contributed by atoms with E-state index in [-0.39, 0.29) is 12.4 Å². The minimum Gasteiger partial charge on any atom is -0.480 e. The molecule has 0 amide bonds. The SMILES string of the molecule is Cc1c(Cc2ccc3ccccc3n2)c2cc(F)ccc2n1CC(=O)O.NCCN. The molecule has 0 aliphatic heterocycles. The van der Waals surface area contributed by atoms with E-state index < -0.39 is 5.97 Å². The Kier molecular flexibility index (Phi) is 6.76. The van der Waals surface area contributed by atoms with Crippen LogP contribution in [0.4, 0.5) is 4.39 Å². The number of fused-ring (bicyclic) bond motifs is 2. The molecular weight excluding hydrogens is 383 g/mol. The maximum absolute atomic E-state index is 13.8. The summed E-state index contributed by atoms with van der Waals surface area (Å²) in [4.78, 5) is 15.9. The first-order valence-electron chi connectivity index (χ1n) is 9.68. The number of nitrogens with two attached hydrogens (primary N) is 2. The molecule has 6 nitrogen and oxygen atoms in total. The second-order valence-electron chi connectivity index (χ2n) is 6.95. The highest BCUT2D eigenvalue weighted by atomic mass is 19.1. The molecule has 0 saturated heterocycles. The number of rotatable bonds is 5. The maximum atomic E-state index is 13.8. The van der Waals surface area contributed by atoms with E-state index in [0.717, 1.165) is 38.8 Å². The average molecular weight is 408 g/mol. The summed E-state index contributed by atoms with van der Waals surface area (Å²) in [6.45, 7) is 2.91. The maximum Gasteiger partial charge on any atom is 0.323 e. The van der Waals surface area contributed by atoms with Crippen LogP contribution >= 0.6 is 0 Å². The standard InChI is InChI=1S/C21H17FN2O2.C2H8N2/c1-13-17(11-16-8-6-14-4-2-3-5-19(14)23-16)18-10-15(22)7-9-20(18)24(13)12-21(25)26;3-1-2-4/h2-10H,11-12H2,1H3,(H,25,26);1-4H2. The number of carboxylic acids is 1. The molecule has 0 atom stereocenters. The summed E-state index contributed by atoms with van der Waals surface area (Å²) in [6.07, 6.45) is 0.517. The van der Waals surface area contributed by atoms with Crippen LogP contribution < -0.4 is 11.5 Å². The Balaban J connectivity index is 0.000000589. The molecule has 0 fully saturated rings. The molecule has 4 aromatic rings. The van der Waals surface area contributed by atoms with Crippen molar-refractivity contribution in [3.8, 4) is 0 Å². The number of aromatic nitrogens is 2. The Bertz CT molecular complexity index is 1180. The summed E-state index contributed by atoms with van der Waals surface area (Å²) in [5.41, 5.74) is 14.0. The first-order valence-corrected chi connectivity index (χ1v) is 9.68. The Hall–Kier alpha value is -3.29. The molecule has 0 radical (unpaired) electrons. The third-order valence-electron chi connectivity index (χ3n) is 4.89. The van der Waals surface area contributed by atoms with Gasteiger partial charge in [0, 0.05) is 47.2 Å². The number of carboxylic acid groups (broad SMARTS) is 1. The summed E-state index contributed by atoms with van der Waals surface area (Å²) in [5, 5.41) is 11.0. The fraction of sp³-hybridized carbons (Fsp3) is 0.217. The Labute approximate surface area is 173 Å². The number of pyridine rings is 1. The molecule has 0 aliphatic rings. The quantitative estimate of drug-likeness (QED) is 0.470. The topological polar surface area (TPSA) is 107 Å². The number of aliphatic carboxylic acids is 1. The van der Waals surface area contributed by atoms with Gasteiger partial charge in [-0.2, -0.15) is 0 Å². The summed E-state index contributed by atoms with van der Waals surface area (Å²) in [5.74, 6) is -1.26. The van der Waals surface area contributed by atoms with E-state index in [1.807, 2.05) is 43.3 Å². The molecule has 2 aromatic heterocycles. The Morgan fingerprint density at radius 2 is 1.83 bits per heavy atom. The number of carbonyl (C=O) groups is 1. The third-order valence-corrected chi connectivity index (χ3v) is 4.89. The lowest BCUT2D eigenvalue weighted by molar-refractivity contribution is -0.137. The van der Waals surface area contributed by atoms with Crippen molar-refractivity contribution < 1.29 is 14.3 Å². The van der Waals surface area contributed by atoms with Crippen molar-refractivity contribution in [3.63, 3.8) is 0 Å². The van der Waals surface area contributed by atoms with Crippen LogP contribution in [0, 0.1) is 12.7 Å². The summed E-state index contributed by atoms with van der Waals surface area (Å²) < 4.78 is 15.5. The first-order chi connectivity index (χ1) is 14.4. The predicted octanol–water partition coefficient (Wildman–Crippen LogP) is 3.22. The lowest BCUT2D eigenvalue weighted by Gasteiger charge is -2.06. The highest BCUT2D eigenvalue weighted by molar-refractivity contribution is 5.87. The molecule has 0 unspecified atom stereocenters. The van der Waals surface area contributed by atoms with E-state index in [1.165, 1.54) is 12.1 Å². The van der Waals surface area contributed by atoms with Gasteiger partial charge in [-0.05, 0) is 42.8 Å². The van der Waals surface area contributed by atoms with E-state index >= 15 is 0 Å². The minimum absolute atomic E-state index is 0.154. The van der Waals surface area contributed by atoms with E-state index in [0.29, 0.717) is 19.5 Å². The lowest BCUT2D eigenvalue weighted by atomic mass is 10.0. The van der Waals surface area contributed by atoms with E-state index in [9.17, 15) is 14.3 Å². The predicted molar refractivity (Wildman–Crippen MR) is 117 cm³/mol. The molecule has 2 heterocycles. The van der Waals surface area contributed by atoms with Crippen molar-refractivity contribution in [2.45, 2.75) is 19.9 Å². The molecule has 5 N–H and O–H groups in total. The molecule has 0 aliphatic carbocycles. The van der Waals surface area contributed by atoms with Crippen molar-refractivity contribution in [1.29, 1.82) is 0 Å². The zero-order valence-electron chi connectivity index (χ0n) is 16.8. The molecule has 156 valence electrons. The molecule has 0 spiro atoms. The zero-order chi connectivity index (χ0) is 21.7. The van der Waals surface area contributed by atoms with Crippen LogP contribution in [0.25, 0.3) is 21.8 Å². The van der Waals surface area contributed by atoms with Crippen molar-refractivity contribution in [3.05, 3.63) is 77.4 Å². The fourth-order valence-corrected chi connectivity index (χ4v) is 3.47. The molecule has 7 heteroatoms. The smallest absolute Gasteiger partial charge is 0.323 e. The van der Waals surface area contributed by atoms with Crippen molar-refractivity contribution >= 4 is 27.8 Å². The molecule has 2 aromatic carbocycles. The van der Waals surface area contributed by atoms with Crippen LogP contribution in [0.3, 0.4) is 0 Å². The van der Waals surface area contributed by atoms with E-state index in [4.69, 9.17) is 16.5 Å². The van der Waals surface area contributed by atoms with Crippen LogP contribution in [-0.4, -0.2) is 33.7 Å². The average Bonchev–Trinajstić information content (AvgIpc) is 2.98. The van der Waals surface area contributed by atoms with Gasteiger partial charge in [-0.25, -0.2) is 4.39 Å². The van der Waals surface area contributed by atoms with Gasteiger partial charge in [0.2, 0.25) is 0 Å². The number of nitrogens with zero attached hydrogens (tertiary/aromatic N) is 2. The van der Waals surface area contributed by atoms with Crippen molar-refractivity contribution in [2.24, 2.45) is 11.5 Å². The molecule has 4 rings (SSSR count). The summed E-state index contributed by atoms with van der Waals surface area (Å²) in [7, 11) is 0. The van der Waals surface area contributed by atoms with Gasteiger partial charge in [-0.3, -0.25) is 9.78 Å². The van der Waals surface area contributed by atoms with Crippen LogP contribution in [0.1, 0.15) is 17.0 Å².